The molecule has 0 unspecified atom stereocenters. The van der Waals surface area contributed by atoms with Crippen molar-refractivity contribution < 1.29 is 4.74 Å². The van der Waals surface area contributed by atoms with Crippen LogP contribution in [-0.2, 0) is 6.42 Å². The topological polar surface area (TPSA) is 22.1 Å². The van der Waals surface area contributed by atoms with E-state index in [1.807, 2.05) is 30.3 Å². The highest BCUT2D eigenvalue weighted by molar-refractivity contribution is 5.86. The third-order valence-corrected chi connectivity index (χ3v) is 3.55. The normalized spacial score (nSPS) is 10.7. The highest BCUT2D eigenvalue weighted by Gasteiger charge is 2.07. The summed E-state index contributed by atoms with van der Waals surface area (Å²) in [6.07, 6.45) is 0.991. The largest absolute Gasteiger partial charge is 0.497 e. The van der Waals surface area contributed by atoms with Gasteiger partial charge in [-0.3, -0.25) is 0 Å². The van der Waals surface area contributed by atoms with Gasteiger partial charge in [0.1, 0.15) is 5.75 Å². The molecule has 0 aliphatic carbocycles. The van der Waals surface area contributed by atoms with Gasteiger partial charge in [-0.2, -0.15) is 0 Å². The first kappa shape index (κ1) is 12.7. The van der Waals surface area contributed by atoms with Gasteiger partial charge in [-0.05, 0) is 30.2 Å². The number of nitrogens with zero attached hydrogens (tertiary/aromatic N) is 1. The Morgan fingerprint density at radius 1 is 1.00 bits per heavy atom. The molecule has 0 N–H and O–H groups in total. The monoisotopic (exact) mass is 263 g/mol. The zero-order chi connectivity index (χ0) is 13.9. The molecule has 0 radical (unpaired) electrons. The zero-order valence-corrected chi connectivity index (χ0v) is 11.8. The molecule has 0 fully saturated rings. The standard InChI is InChI=1S/C18H17NO/c1-3-13-11-17(14-7-5-4-6-8-14)19-18-12-15(20-2)9-10-16(13)18/h4-12H,3H2,1-2H3. The fourth-order valence-electron chi connectivity index (χ4n) is 2.46. The van der Waals surface area contributed by atoms with E-state index in [4.69, 9.17) is 9.72 Å². The predicted molar refractivity (Wildman–Crippen MR) is 83.1 cm³/mol. The molecule has 100 valence electrons. The molecule has 0 aliphatic heterocycles. The van der Waals surface area contributed by atoms with Crippen LogP contribution >= 0.6 is 0 Å². The Labute approximate surface area is 119 Å². The summed E-state index contributed by atoms with van der Waals surface area (Å²) in [7, 11) is 1.68. The molecular formula is C18H17NO. The number of methoxy groups -OCH3 is 1. The molecule has 0 atom stereocenters. The third kappa shape index (κ3) is 2.25. The van der Waals surface area contributed by atoms with Crippen LogP contribution in [0.25, 0.3) is 22.2 Å². The minimum atomic E-state index is 0.845. The number of ether oxygens (including phenoxy) is 1. The summed E-state index contributed by atoms with van der Waals surface area (Å²) in [5, 5.41) is 1.20. The number of rotatable bonds is 3. The van der Waals surface area contributed by atoms with E-state index in [1.54, 1.807) is 7.11 Å². The van der Waals surface area contributed by atoms with E-state index in [1.165, 1.54) is 10.9 Å². The van der Waals surface area contributed by atoms with E-state index in [2.05, 4.69) is 31.2 Å². The summed E-state index contributed by atoms with van der Waals surface area (Å²) >= 11 is 0. The van der Waals surface area contributed by atoms with Crippen LogP contribution in [0, 0.1) is 0 Å². The van der Waals surface area contributed by atoms with Crippen molar-refractivity contribution in [1.29, 1.82) is 0 Å². The second-order valence-electron chi connectivity index (χ2n) is 4.77. The third-order valence-electron chi connectivity index (χ3n) is 3.55. The Bertz CT molecular complexity index is 735. The Morgan fingerprint density at radius 2 is 1.80 bits per heavy atom. The summed E-state index contributed by atoms with van der Waals surface area (Å²) in [6.45, 7) is 2.17. The van der Waals surface area contributed by atoms with Crippen LogP contribution in [0.3, 0.4) is 0 Å². The van der Waals surface area contributed by atoms with Gasteiger partial charge in [0.2, 0.25) is 0 Å². The predicted octanol–water partition coefficient (Wildman–Crippen LogP) is 4.47. The molecule has 0 spiro atoms. The molecule has 2 aromatic carbocycles. The van der Waals surface area contributed by atoms with Crippen LogP contribution < -0.4 is 4.74 Å². The molecule has 0 saturated heterocycles. The van der Waals surface area contributed by atoms with E-state index in [0.29, 0.717) is 0 Å². The Kier molecular flexibility index (Phi) is 3.38. The molecule has 2 nitrogen and oxygen atoms in total. The fraction of sp³-hybridized carbons (Fsp3) is 0.167. The lowest BCUT2D eigenvalue weighted by Gasteiger charge is -2.09. The second-order valence-corrected chi connectivity index (χ2v) is 4.77. The number of pyridine rings is 1. The van der Waals surface area contributed by atoms with Crippen molar-refractivity contribution in [3.05, 3.63) is 60.2 Å². The number of fused-ring (bicyclic) bond motifs is 1. The van der Waals surface area contributed by atoms with Crippen molar-refractivity contribution in [2.45, 2.75) is 13.3 Å². The molecule has 3 rings (SSSR count). The van der Waals surface area contributed by atoms with Gasteiger partial charge in [-0.15, -0.1) is 0 Å². The highest BCUT2D eigenvalue weighted by atomic mass is 16.5. The molecule has 20 heavy (non-hydrogen) atoms. The molecule has 0 saturated carbocycles. The van der Waals surface area contributed by atoms with Gasteiger partial charge in [0.15, 0.2) is 0 Å². The van der Waals surface area contributed by atoms with Crippen molar-refractivity contribution in [1.82, 2.24) is 4.98 Å². The van der Waals surface area contributed by atoms with Gasteiger partial charge in [0.05, 0.1) is 18.3 Å². The summed E-state index contributed by atoms with van der Waals surface area (Å²) in [4.78, 5) is 4.78. The lowest BCUT2D eigenvalue weighted by molar-refractivity contribution is 0.415. The van der Waals surface area contributed by atoms with Crippen LogP contribution in [0.2, 0.25) is 0 Å². The average molecular weight is 263 g/mol. The molecule has 1 aromatic heterocycles. The fourth-order valence-corrected chi connectivity index (χ4v) is 2.46. The first-order valence-electron chi connectivity index (χ1n) is 6.85. The van der Waals surface area contributed by atoms with Crippen LogP contribution in [-0.4, -0.2) is 12.1 Å². The van der Waals surface area contributed by atoms with Crippen molar-refractivity contribution in [3.8, 4) is 17.0 Å². The number of aryl methyl sites for hydroxylation is 1. The van der Waals surface area contributed by atoms with Crippen LogP contribution in [0.5, 0.6) is 5.75 Å². The molecule has 2 heteroatoms. The number of benzene rings is 2. The first-order valence-corrected chi connectivity index (χ1v) is 6.85. The molecule has 0 aliphatic rings. The van der Waals surface area contributed by atoms with Crippen molar-refractivity contribution in [2.24, 2.45) is 0 Å². The summed E-state index contributed by atoms with van der Waals surface area (Å²) in [5.41, 5.74) is 4.47. The van der Waals surface area contributed by atoms with Crippen LogP contribution in [0.1, 0.15) is 12.5 Å². The maximum Gasteiger partial charge on any atom is 0.121 e. The second kappa shape index (κ2) is 5.33. The minimum Gasteiger partial charge on any atom is -0.497 e. The maximum absolute atomic E-state index is 5.30. The van der Waals surface area contributed by atoms with Crippen molar-refractivity contribution >= 4 is 10.9 Å². The average Bonchev–Trinajstić information content (AvgIpc) is 2.54. The van der Waals surface area contributed by atoms with Gasteiger partial charge in [0.25, 0.3) is 0 Å². The maximum atomic E-state index is 5.30. The van der Waals surface area contributed by atoms with Gasteiger partial charge < -0.3 is 4.74 Å². The van der Waals surface area contributed by atoms with E-state index >= 15 is 0 Å². The van der Waals surface area contributed by atoms with Crippen molar-refractivity contribution in [3.63, 3.8) is 0 Å². The van der Waals surface area contributed by atoms with Crippen LogP contribution in [0.15, 0.2) is 54.6 Å². The van der Waals surface area contributed by atoms with Gasteiger partial charge in [0, 0.05) is 17.0 Å². The molecule has 0 bridgehead atoms. The minimum absolute atomic E-state index is 0.845. The van der Waals surface area contributed by atoms with Gasteiger partial charge in [-0.1, -0.05) is 37.3 Å². The molecule has 1 heterocycles. The smallest absolute Gasteiger partial charge is 0.121 e. The highest BCUT2D eigenvalue weighted by Crippen LogP contribution is 2.27. The summed E-state index contributed by atoms with van der Waals surface area (Å²) in [6, 6.07) is 18.6. The quantitative estimate of drug-likeness (QED) is 0.695. The summed E-state index contributed by atoms with van der Waals surface area (Å²) in [5.74, 6) is 0.845. The SMILES string of the molecule is CCc1cc(-c2ccccc2)nc2cc(OC)ccc12. The molecule has 0 amide bonds. The lowest BCUT2D eigenvalue weighted by atomic mass is 10.0. The van der Waals surface area contributed by atoms with Gasteiger partial charge in [-0.25, -0.2) is 4.98 Å². The van der Waals surface area contributed by atoms with E-state index < -0.39 is 0 Å². The Morgan fingerprint density at radius 3 is 2.50 bits per heavy atom. The Hall–Kier alpha value is -2.35. The Balaban J connectivity index is 2.24. The van der Waals surface area contributed by atoms with E-state index in [9.17, 15) is 0 Å². The summed E-state index contributed by atoms with van der Waals surface area (Å²) < 4.78 is 5.30. The van der Waals surface area contributed by atoms with Gasteiger partial charge >= 0.3 is 0 Å². The first-order chi connectivity index (χ1) is 9.81. The lowest BCUT2D eigenvalue weighted by Crippen LogP contribution is -1.92. The zero-order valence-electron chi connectivity index (χ0n) is 11.8. The number of hydrogen-bond donors (Lipinski definition) is 0. The number of hydrogen-bond acceptors (Lipinski definition) is 2. The number of aromatic nitrogens is 1. The van der Waals surface area contributed by atoms with Crippen molar-refractivity contribution in [2.75, 3.05) is 7.11 Å². The molecular weight excluding hydrogens is 246 g/mol. The van der Waals surface area contributed by atoms with E-state index in [-0.39, 0.29) is 0 Å². The molecule has 3 aromatic rings. The van der Waals surface area contributed by atoms with E-state index in [0.717, 1.165) is 28.9 Å². The van der Waals surface area contributed by atoms with Crippen LogP contribution in [0.4, 0.5) is 0 Å².